The van der Waals surface area contributed by atoms with E-state index in [-0.39, 0.29) is 11.7 Å². The molecule has 0 aliphatic rings. The first-order valence-electron chi connectivity index (χ1n) is 6.05. The minimum atomic E-state index is -0.179. The Bertz CT molecular complexity index is 651. The first kappa shape index (κ1) is 13.7. The van der Waals surface area contributed by atoms with E-state index in [0.29, 0.717) is 29.6 Å². The maximum atomic E-state index is 12.4. The molecule has 1 amide bonds. The molecule has 7 nitrogen and oxygen atoms in total. The van der Waals surface area contributed by atoms with Crippen LogP contribution in [0.15, 0.2) is 35.7 Å². The summed E-state index contributed by atoms with van der Waals surface area (Å²) in [6.07, 6.45) is 3.43. The Balaban J connectivity index is 2.23. The van der Waals surface area contributed by atoms with Gasteiger partial charge in [0.15, 0.2) is 0 Å². The molecule has 0 saturated heterocycles. The minimum absolute atomic E-state index is 0.0855. The molecule has 2 aromatic rings. The third-order valence-corrected chi connectivity index (χ3v) is 2.91. The lowest BCUT2D eigenvalue weighted by atomic mass is 10.1. The lowest BCUT2D eigenvalue weighted by Crippen LogP contribution is -2.30. The van der Waals surface area contributed by atoms with Gasteiger partial charge in [-0.15, -0.1) is 0 Å². The number of oxime groups is 1. The molecule has 0 fully saturated rings. The Hall–Kier alpha value is -2.70. The molecule has 1 heterocycles. The van der Waals surface area contributed by atoms with Gasteiger partial charge in [-0.3, -0.25) is 14.8 Å². The average molecular weight is 273 g/mol. The number of rotatable bonds is 4. The standard InChI is InChI=1S/C13H15N5O2/c1-18(8-5-11(14)17-20)13(19)9-3-2-4-10-12(9)16-7-6-15-10/h2-4,6-7,20H,5,8H2,1H3,(H2,14,17). The lowest BCUT2D eigenvalue weighted by molar-refractivity contribution is 0.0800. The van der Waals surface area contributed by atoms with Crippen molar-refractivity contribution in [1.82, 2.24) is 14.9 Å². The number of benzene rings is 1. The van der Waals surface area contributed by atoms with Crippen LogP contribution in [0.1, 0.15) is 16.8 Å². The third-order valence-electron chi connectivity index (χ3n) is 2.91. The van der Waals surface area contributed by atoms with Crippen LogP contribution in [0.2, 0.25) is 0 Å². The summed E-state index contributed by atoms with van der Waals surface area (Å²) in [6.45, 7) is 0.353. The van der Waals surface area contributed by atoms with Crippen LogP contribution in [0.4, 0.5) is 0 Å². The monoisotopic (exact) mass is 273 g/mol. The van der Waals surface area contributed by atoms with Crippen molar-refractivity contribution in [2.24, 2.45) is 10.9 Å². The highest BCUT2D eigenvalue weighted by Crippen LogP contribution is 2.15. The molecule has 0 bridgehead atoms. The Morgan fingerprint density at radius 2 is 2.15 bits per heavy atom. The number of nitrogens with zero attached hydrogens (tertiary/aromatic N) is 4. The normalized spacial score (nSPS) is 11.6. The van der Waals surface area contributed by atoms with Crippen molar-refractivity contribution in [3.05, 3.63) is 36.2 Å². The Morgan fingerprint density at radius 3 is 2.90 bits per heavy atom. The maximum Gasteiger partial charge on any atom is 0.255 e. The molecule has 0 saturated carbocycles. The van der Waals surface area contributed by atoms with E-state index < -0.39 is 0 Å². The van der Waals surface area contributed by atoms with Gasteiger partial charge in [-0.2, -0.15) is 0 Å². The van der Waals surface area contributed by atoms with Gasteiger partial charge in [0.1, 0.15) is 11.4 Å². The Morgan fingerprint density at radius 1 is 1.40 bits per heavy atom. The van der Waals surface area contributed by atoms with Gasteiger partial charge < -0.3 is 15.8 Å². The second-order valence-electron chi connectivity index (χ2n) is 4.30. The number of hydrogen-bond donors (Lipinski definition) is 2. The smallest absolute Gasteiger partial charge is 0.255 e. The maximum absolute atomic E-state index is 12.4. The number of aromatic nitrogens is 2. The summed E-state index contributed by atoms with van der Waals surface area (Å²) in [5.74, 6) is -0.0933. The number of carbonyl (C=O) groups excluding carboxylic acids is 1. The molecule has 3 N–H and O–H groups in total. The SMILES string of the molecule is CN(CC/C(N)=N/O)C(=O)c1cccc2nccnc12. The van der Waals surface area contributed by atoms with Crippen molar-refractivity contribution >= 4 is 22.8 Å². The molecular formula is C13H15N5O2. The first-order chi connectivity index (χ1) is 9.63. The zero-order valence-electron chi connectivity index (χ0n) is 11.0. The fraction of sp³-hybridized carbons (Fsp3) is 0.231. The van der Waals surface area contributed by atoms with E-state index in [1.807, 2.05) is 0 Å². The average Bonchev–Trinajstić information content (AvgIpc) is 2.50. The first-order valence-corrected chi connectivity index (χ1v) is 6.05. The lowest BCUT2D eigenvalue weighted by Gasteiger charge is -2.17. The Kier molecular flexibility index (Phi) is 4.09. The summed E-state index contributed by atoms with van der Waals surface area (Å²) < 4.78 is 0. The van der Waals surface area contributed by atoms with Gasteiger partial charge in [-0.25, -0.2) is 0 Å². The quantitative estimate of drug-likeness (QED) is 0.371. The van der Waals surface area contributed by atoms with Crippen molar-refractivity contribution in [2.45, 2.75) is 6.42 Å². The van der Waals surface area contributed by atoms with Gasteiger partial charge in [0, 0.05) is 32.4 Å². The van der Waals surface area contributed by atoms with Crippen LogP contribution >= 0.6 is 0 Å². The number of carbonyl (C=O) groups is 1. The van der Waals surface area contributed by atoms with Crippen LogP contribution in [0, 0.1) is 0 Å². The number of fused-ring (bicyclic) bond motifs is 1. The predicted molar refractivity (Wildman–Crippen MR) is 74.5 cm³/mol. The van der Waals surface area contributed by atoms with Gasteiger partial charge in [0.2, 0.25) is 0 Å². The van der Waals surface area contributed by atoms with Gasteiger partial charge in [0.25, 0.3) is 5.91 Å². The van der Waals surface area contributed by atoms with Crippen LogP contribution < -0.4 is 5.73 Å². The molecule has 7 heteroatoms. The van der Waals surface area contributed by atoms with E-state index in [4.69, 9.17) is 10.9 Å². The van der Waals surface area contributed by atoms with Crippen LogP contribution in [-0.4, -0.2) is 45.4 Å². The number of nitrogens with two attached hydrogens (primary N) is 1. The van der Waals surface area contributed by atoms with Crippen molar-refractivity contribution < 1.29 is 10.0 Å². The zero-order chi connectivity index (χ0) is 14.5. The van der Waals surface area contributed by atoms with Crippen molar-refractivity contribution in [1.29, 1.82) is 0 Å². The number of amidine groups is 1. The van der Waals surface area contributed by atoms with Crippen molar-refractivity contribution in [3.63, 3.8) is 0 Å². The molecule has 0 spiro atoms. The van der Waals surface area contributed by atoms with E-state index in [2.05, 4.69) is 15.1 Å². The van der Waals surface area contributed by atoms with E-state index in [9.17, 15) is 4.79 Å². The fourth-order valence-corrected chi connectivity index (χ4v) is 1.80. The van der Waals surface area contributed by atoms with Gasteiger partial charge in [0.05, 0.1) is 11.1 Å². The largest absolute Gasteiger partial charge is 0.409 e. The highest BCUT2D eigenvalue weighted by atomic mass is 16.4. The fourth-order valence-electron chi connectivity index (χ4n) is 1.80. The van der Waals surface area contributed by atoms with E-state index in [1.165, 1.54) is 4.90 Å². The summed E-state index contributed by atoms with van der Waals surface area (Å²) in [4.78, 5) is 22.2. The second kappa shape index (κ2) is 5.96. The topological polar surface area (TPSA) is 105 Å². The number of para-hydroxylation sites is 1. The Labute approximate surface area is 115 Å². The molecular weight excluding hydrogens is 258 g/mol. The third kappa shape index (κ3) is 2.82. The summed E-state index contributed by atoms with van der Waals surface area (Å²) in [6, 6.07) is 5.27. The highest BCUT2D eigenvalue weighted by molar-refractivity contribution is 6.04. The molecule has 0 aliphatic heterocycles. The molecule has 1 aromatic carbocycles. The molecule has 2 rings (SSSR count). The molecule has 0 unspecified atom stereocenters. The summed E-state index contributed by atoms with van der Waals surface area (Å²) in [7, 11) is 1.65. The molecule has 0 aliphatic carbocycles. The summed E-state index contributed by atoms with van der Waals surface area (Å²) in [5, 5.41) is 11.4. The summed E-state index contributed by atoms with van der Waals surface area (Å²) in [5.41, 5.74) is 7.11. The van der Waals surface area contributed by atoms with Crippen LogP contribution in [0.5, 0.6) is 0 Å². The van der Waals surface area contributed by atoms with Crippen LogP contribution in [0.3, 0.4) is 0 Å². The van der Waals surface area contributed by atoms with Crippen LogP contribution in [-0.2, 0) is 0 Å². The predicted octanol–water partition coefficient (Wildman–Crippen LogP) is 0.838. The summed E-state index contributed by atoms with van der Waals surface area (Å²) >= 11 is 0. The molecule has 20 heavy (non-hydrogen) atoms. The molecule has 104 valence electrons. The van der Waals surface area contributed by atoms with Gasteiger partial charge >= 0.3 is 0 Å². The number of amides is 1. The van der Waals surface area contributed by atoms with Gasteiger partial charge in [-0.05, 0) is 12.1 Å². The highest BCUT2D eigenvalue weighted by Gasteiger charge is 2.15. The van der Waals surface area contributed by atoms with Gasteiger partial charge in [-0.1, -0.05) is 11.2 Å². The second-order valence-corrected chi connectivity index (χ2v) is 4.30. The zero-order valence-corrected chi connectivity index (χ0v) is 11.0. The molecule has 0 atom stereocenters. The van der Waals surface area contributed by atoms with Crippen molar-refractivity contribution in [2.75, 3.05) is 13.6 Å². The number of hydrogen-bond acceptors (Lipinski definition) is 5. The minimum Gasteiger partial charge on any atom is -0.409 e. The van der Waals surface area contributed by atoms with E-state index in [1.54, 1.807) is 37.6 Å². The van der Waals surface area contributed by atoms with Crippen molar-refractivity contribution in [3.8, 4) is 0 Å². The van der Waals surface area contributed by atoms with E-state index in [0.717, 1.165) is 0 Å². The molecule has 1 aromatic heterocycles. The molecule has 0 radical (unpaired) electrons. The van der Waals surface area contributed by atoms with Crippen LogP contribution in [0.25, 0.3) is 11.0 Å². The van der Waals surface area contributed by atoms with E-state index >= 15 is 0 Å².